The summed E-state index contributed by atoms with van der Waals surface area (Å²) in [5.41, 5.74) is 6.74. The minimum atomic E-state index is -1.10. The lowest BCUT2D eigenvalue weighted by atomic mass is 10.1. The Morgan fingerprint density at radius 2 is 1.81 bits per heavy atom. The summed E-state index contributed by atoms with van der Waals surface area (Å²) in [4.78, 5) is 24.7. The van der Waals surface area contributed by atoms with E-state index in [-0.39, 0.29) is 10.6 Å². The van der Waals surface area contributed by atoms with Crippen LogP contribution in [0.5, 0.6) is 0 Å². The molecule has 0 saturated carbocycles. The maximum atomic E-state index is 12.5. The molecule has 2 aromatic rings. The van der Waals surface area contributed by atoms with Crippen LogP contribution in [-0.2, 0) is 4.79 Å². The highest BCUT2D eigenvalue weighted by atomic mass is 35.5. The molecule has 0 spiro atoms. The van der Waals surface area contributed by atoms with Crippen LogP contribution < -0.4 is 10.6 Å². The van der Waals surface area contributed by atoms with Gasteiger partial charge in [0.15, 0.2) is 0 Å². The first kappa shape index (κ1) is 14.9. The van der Waals surface area contributed by atoms with E-state index in [9.17, 15) is 9.59 Å². The van der Waals surface area contributed by atoms with Crippen molar-refractivity contribution in [3.05, 3.63) is 59.1 Å². The Labute approximate surface area is 126 Å². The molecule has 0 unspecified atom stereocenters. The van der Waals surface area contributed by atoms with Gasteiger partial charge >= 0.3 is 5.97 Å². The van der Waals surface area contributed by atoms with E-state index in [1.165, 1.54) is 23.1 Å². The normalized spacial score (nSPS) is 10.1. The summed E-state index contributed by atoms with van der Waals surface area (Å²) in [6.45, 7) is -0.440. The van der Waals surface area contributed by atoms with E-state index in [0.29, 0.717) is 11.4 Å². The number of halogens is 1. The number of hydrogen-bond donors (Lipinski definition) is 2. The number of carbonyl (C=O) groups excluding carboxylic acids is 1. The molecular formula is C15H13ClN2O3. The first-order valence-corrected chi connectivity index (χ1v) is 6.50. The van der Waals surface area contributed by atoms with Crippen molar-refractivity contribution in [3.8, 4) is 0 Å². The Kier molecular flexibility index (Phi) is 4.45. The number of para-hydroxylation sites is 1. The third-order valence-corrected chi connectivity index (χ3v) is 3.18. The van der Waals surface area contributed by atoms with E-state index in [1.54, 1.807) is 30.3 Å². The predicted molar refractivity (Wildman–Crippen MR) is 81.6 cm³/mol. The zero-order valence-corrected chi connectivity index (χ0v) is 11.7. The summed E-state index contributed by atoms with van der Waals surface area (Å²) in [6.07, 6.45) is 0. The summed E-state index contributed by atoms with van der Waals surface area (Å²) in [6, 6.07) is 13.0. The fourth-order valence-corrected chi connectivity index (χ4v) is 2.02. The average molecular weight is 305 g/mol. The lowest BCUT2D eigenvalue weighted by molar-refractivity contribution is -0.135. The number of rotatable bonds is 4. The van der Waals surface area contributed by atoms with Gasteiger partial charge in [-0.2, -0.15) is 0 Å². The monoisotopic (exact) mass is 304 g/mol. The highest BCUT2D eigenvalue weighted by Crippen LogP contribution is 2.22. The van der Waals surface area contributed by atoms with E-state index < -0.39 is 18.4 Å². The number of nitrogens with zero attached hydrogens (tertiary/aromatic N) is 1. The number of carbonyl (C=O) groups is 2. The molecule has 5 nitrogen and oxygen atoms in total. The number of carboxylic acid groups (broad SMARTS) is 1. The Hall–Kier alpha value is -2.53. The van der Waals surface area contributed by atoms with Gasteiger partial charge in [0.25, 0.3) is 5.91 Å². The minimum absolute atomic E-state index is 0.254. The summed E-state index contributed by atoms with van der Waals surface area (Å²) < 4.78 is 0. The summed E-state index contributed by atoms with van der Waals surface area (Å²) in [5.74, 6) is -1.56. The van der Waals surface area contributed by atoms with E-state index in [2.05, 4.69) is 0 Å². The third kappa shape index (κ3) is 3.52. The number of aliphatic carboxylic acids is 1. The fourth-order valence-electron chi connectivity index (χ4n) is 1.84. The number of nitrogens with two attached hydrogens (primary N) is 1. The average Bonchev–Trinajstić information content (AvgIpc) is 2.47. The quantitative estimate of drug-likeness (QED) is 0.851. The second-order valence-electron chi connectivity index (χ2n) is 4.36. The van der Waals surface area contributed by atoms with Gasteiger partial charge in [-0.3, -0.25) is 14.5 Å². The van der Waals surface area contributed by atoms with Crippen LogP contribution in [0.3, 0.4) is 0 Å². The van der Waals surface area contributed by atoms with Gasteiger partial charge in [0, 0.05) is 11.3 Å². The molecule has 108 valence electrons. The molecule has 0 saturated heterocycles. The van der Waals surface area contributed by atoms with Crippen LogP contribution in [0.15, 0.2) is 48.5 Å². The lowest BCUT2D eigenvalue weighted by Crippen LogP contribution is -2.35. The van der Waals surface area contributed by atoms with Crippen molar-refractivity contribution >= 4 is 34.9 Å². The Morgan fingerprint density at radius 3 is 2.38 bits per heavy atom. The molecule has 6 heteroatoms. The molecule has 2 rings (SSSR count). The molecule has 3 N–H and O–H groups in total. The van der Waals surface area contributed by atoms with Crippen molar-refractivity contribution in [3.63, 3.8) is 0 Å². The molecule has 0 aromatic heterocycles. The second kappa shape index (κ2) is 6.28. The Balaban J connectivity index is 2.38. The van der Waals surface area contributed by atoms with Gasteiger partial charge in [-0.05, 0) is 30.3 Å². The maximum Gasteiger partial charge on any atom is 0.323 e. The van der Waals surface area contributed by atoms with Crippen LogP contribution in [0.2, 0.25) is 5.02 Å². The van der Waals surface area contributed by atoms with Gasteiger partial charge in [-0.1, -0.05) is 29.8 Å². The zero-order chi connectivity index (χ0) is 15.4. The highest BCUT2D eigenvalue weighted by molar-refractivity contribution is 6.33. The Bertz CT molecular complexity index is 674. The van der Waals surface area contributed by atoms with Crippen LogP contribution >= 0.6 is 11.6 Å². The molecule has 21 heavy (non-hydrogen) atoms. The molecule has 0 bridgehead atoms. The van der Waals surface area contributed by atoms with Gasteiger partial charge < -0.3 is 10.8 Å². The number of nitrogen functional groups attached to an aromatic ring is 1. The topological polar surface area (TPSA) is 83.6 Å². The number of amides is 1. The van der Waals surface area contributed by atoms with Crippen LogP contribution in [-0.4, -0.2) is 23.5 Å². The molecule has 0 atom stereocenters. The molecule has 0 aliphatic heterocycles. The van der Waals surface area contributed by atoms with Gasteiger partial charge in [0.05, 0.1) is 10.7 Å². The summed E-state index contributed by atoms with van der Waals surface area (Å²) in [5, 5.41) is 9.25. The van der Waals surface area contributed by atoms with Crippen LogP contribution in [0, 0.1) is 0 Å². The van der Waals surface area contributed by atoms with Crippen molar-refractivity contribution in [1.82, 2.24) is 0 Å². The molecule has 0 aliphatic rings. The van der Waals surface area contributed by atoms with E-state index in [0.717, 1.165) is 0 Å². The van der Waals surface area contributed by atoms with Crippen molar-refractivity contribution < 1.29 is 14.7 Å². The maximum absolute atomic E-state index is 12.5. The predicted octanol–water partition coefficient (Wildman–Crippen LogP) is 2.65. The third-order valence-electron chi connectivity index (χ3n) is 2.85. The smallest absolute Gasteiger partial charge is 0.323 e. The number of benzene rings is 2. The number of hydrogen-bond acceptors (Lipinski definition) is 3. The van der Waals surface area contributed by atoms with Gasteiger partial charge in [-0.25, -0.2) is 0 Å². The molecule has 0 fully saturated rings. The van der Waals surface area contributed by atoms with E-state index >= 15 is 0 Å². The first-order valence-electron chi connectivity index (χ1n) is 6.13. The van der Waals surface area contributed by atoms with Gasteiger partial charge in [0.2, 0.25) is 0 Å². The van der Waals surface area contributed by atoms with Crippen LogP contribution in [0.4, 0.5) is 11.4 Å². The fraction of sp³-hybridized carbons (Fsp3) is 0.0667. The molecule has 0 radical (unpaired) electrons. The van der Waals surface area contributed by atoms with Crippen molar-refractivity contribution in [2.24, 2.45) is 0 Å². The number of carboxylic acids is 1. The van der Waals surface area contributed by atoms with Crippen LogP contribution in [0.25, 0.3) is 0 Å². The molecule has 2 aromatic carbocycles. The first-order chi connectivity index (χ1) is 9.99. The molecule has 1 amide bonds. The standard InChI is InChI=1S/C15H13ClN2O3/c16-12-8-10(6-7-13(12)17)15(21)18(9-14(19)20)11-4-2-1-3-5-11/h1-8H,9,17H2,(H,19,20). The SMILES string of the molecule is Nc1ccc(C(=O)N(CC(=O)O)c2ccccc2)cc1Cl. The Morgan fingerprint density at radius 1 is 1.14 bits per heavy atom. The second-order valence-corrected chi connectivity index (χ2v) is 4.76. The highest BCUT2D eigenvalue weighted by Gasteiger charge is 2.20. The van der Waals surface area contributed by atoms with Crippen LogP contribution in [0.1, 0.15) is 10.4 Å². The molecular weight excluding hydrogens is 292 g/mol. The van der Waals surface area contributed by atoms with Gasteiger partial charge in [0.1, 0.15) is 6.54 Å². The van der Waals surface area contributed by atoms with Crippen molar-refractivity contribution in [2.45, 2.75) is 0 Å². The molecule has 0 heterocycles. The number of anilines is 2. The van der Waals surface area contributed by atoms with E-state index in [1.807, 2.05) is 0 Å². The van der Waals surface area contributed by atoms with Gasteiger partial charge in [-0.15, -0.1) is 0 Å². The largest absolute Gasteiger partial charge is 0.480 e. The summed E-state index contributed by atoms with van der Waals surface area (Å²) in [7, 11) is 0. The summed E-state index contributed by atoms with van der Waals surface area (Å²) >= 11 is 5.90. The minimum Gasteiger partial charge on any atom is -0.480 e. The van der Waals surface area contributed by atoms with E-state index in [4.69, 9.17) is 22.4 Å². The lowest BCUT2D eigenvalue weighted by Gasteiger charge is -2.21. The molecule has 0 aliphatic carbocycles. The van der Waals surface area contributed by atoms with Crippen molar-refractivity contribution in [1.29, 1.82) is 0 Å². The zero-order valence-electron chi connectivity index (χ0n) is 11.0. The van der Waals surface area contributed by atoms with Crippen molar-refractivity contribution in [2.75, 3.05) is 17.2 Å².